The van der Waals surface area contributed by atoms with Gasteiger partial charge in [0.1, 0.15) is 6.10 Å². The summed E-state index contributed by atoms with van der Waals surface area (Å²) in [6, 6.07) is 18.1. The number of benzene rings is 2. The fourth-order valence-corrected chi connectivity index (χ4v) is 9.71. The standard InChI is InChI=1S/C40H52N2O4/c1-4-5-6-13-18-36(43)46-35-22-21-33-32-20-19-30-27-31(23-25-38(30,2)34(32)24-26-39(33,35)3)41-42-37(44)40(45,28-14-9-7-10-15-28)29-16-11-8-12-17-29/h7-12,14-17,27,32-35,45H,4-6,13,18-26H2,1-3H3,(H,42,44)/b41-31+. The second kappa shape index (κ2) is 13.5. The minimum absolute atomic E-state index is 0.00286. The molecule has 2 aromatic rings. The van der Waals surface area contributed by atoms with Crippen LogP contribution >= 0.6 is 0 Å². The number of carbonyl (C=O) groups excluding carboxylic acids is 2. The summed E-state index contributed by atoms with van der Waals surface area (Å²) in [4.78, 5) is 26.4. The molecule has 246 valence electrons. The van der Waals surface area contributed by atoms with E-state index in [1.54, 1.807) is 24.3 Å². The Morgan fingerprint density at radius 1 is 0.891 bits per heavy atom. The van der Waals surface area contributed by atoms with Gasteiger partial charge in [0, 0.05) is 11.8 Å². The molecule has 6 unspecified atom stereocenters. The van der Waals surface area contributed by atoms with Crippen LogP contribution in [0.3, 0.4) is 0 Å². The molecular weight excluding hydrogens is 572 g/mol. The number of hydrogen-bond donors (Lipinski definition) is 2. The summed E-state index contributed by atoms with van der Waals surface area (Å²) in [7, 11) is 0. The molecule has 6 rings (SSSR count). The van der Waals surface area contributed by atoms with Gasteiger partial charge in [-0.3, -0.25) is 9.59 Å². The molecule has 4 aliphatic rings. The molecule has 6 atom stereocenters. The summed E-state index contributed by atoms with van der Waals surface area (Å²) in [5, 5.41) is 16.4. The highest BCUT2D eigenvalue weighted by Crippen LogP contribution is 2.65. The lowest BCUT2D eigenvalue weighted by Crippen LogP contribution is -2.51. The molecule has 0 heterocycles. The van der Waals surface area contributed by atoms with Crippen LogP contribution in [-0.4, -0.2) is 28.8 Å². The van der Waals surface area contributed by atoms with Gasteiger partial charge in [0.15, 0.2) is 5.60 Å². The van der Waals surface area contributed by atoms with E-state index in [1.165, 1.54) is 24.8 Å². The van der Waals surface area contributed by atoms with Crippen molar-refractivity contribution in [3.8, 4) is 0 Å². The lowest BCUT2D eigenvalue weighted by Gasteiger charge is -2.58. The third-order valence-corrected chi connectivity index (χ3v) is 12.4. The van der Waals surface area contributed by atoms with Crippen molar-refractivity contribution in [2.45, 2.75) is 116 Å². The van der Waals surface area contributed by atoms with E-state index in [2.05, 4.69) is 37.4 Å². The van der Waals surface area contributed by atoms with E-state index in [9.17, 15) is 14.7 Å². The maximum absolute atomic E-state index is 13.6. The summed E-state index contributed by atoms with van der Waals surface area (Å²) >= 11 is 0. The van der Waals surface area contributed by atoms with Crippen LogP contribution in [0.25, 0.3) is 0 Å². The second-order valence-electron chi connectivity index (χ2n) is 14.9. The van der Waals surface area contributed by atoms with Gasteiger partial charge in [0.05, 0.1) is 5.71 Å². The predicted octanol–water partition coefficient (Wildman–Crippen LogP) is 8.24. The number of rotatable bonds is 10. The molecule has 3 fully saturated rings. The predicted molar refractivity (Wildman–Crippen MR) is 182 cm³/mol. The molecule has 1 amide bonds. The molecule has 3 saturated carbocycles. The van der Waals surface area contributed by atoms with Crippen LogP contribution in [0.15, 0.2) is 77.4 Å². The number of fused-ring (bicyclic) bond motifs is 5. The smallest absolute Gasteiger partial charge is 0.306 e. The molecular formula is C40H52N2O4. The fourth-order valence-electron chi connectivity index (χ4n) is 9.71. The number of amides is 1. The normalized spacial score (nSPS) is 31.3. The number of nitrogens with zero attached hydrogens (tertiary/aromatic N) is 1. The number of ether oxygens (including phenoxy) is 1. The second-order valence-corrected chi connectivity index (χ2v) is 14.9. The number of esters is 1. The van der Waals surface area contributed by atoms with Crippen LogP contribution in [0.2, 0.25) is 0 Å². The van der Waals surface area contributed by atoms with E-state index in [0.717, 1.165) is 63.5 Å². The first-order chi connectivity index (χ1) is 22.2. The highest BCUT2D eigenvalue weighted by atomic mass is 16.5. The van der Waals surface area contributed by atoms with E-state index >= 15 is 0 Å². The first-order valence-corrected chi connectivity index (χ1v) is 17.8. The van der Waals surface area contributed by atoms with Gasteiger partial charge in [-0.25, -0.2) is 5.43 Å². The highest BCUT2D eigenvalue weighted by molar-refractivity contribution is 5.98. The van der Waals surface area contributed by atoms with Gasteiger partial charge in [-0.05, 0) is 98.2 Å². The van der Waals surface area contributed by atoms with Gasteiger partial charge in [0.25, 0.3) is 5.91 Å². The molecule has 2 aromatic carbocycles. The van der Waals surface area contributed by atoms with E-state index < -0.39 is 11.5 Å². The number of allylic oxidation sites excluding steroid dienone is 2. The molecule has 2 N–H and O–H groups in total. The van der Waals surface area contributed by atoms with Crippen molar-refractivity contribution in [3.63, 3.8) is 0 Å². The number of unbranched alkanes of at least 4 members (excludes halogenated alkanes) is 3. The summed E-state index contributed by atoms with van der Waals surface area (Å²) in [5.74, 6) is 1.32. The van der Waals surface area contributed by atoms with E-state index in [4.69, 9.17) is 4.74 Å². The van der Waals surface area contributed by atoms with Gasteiger partial charge in [-0.15, -0.1) is 0 Å². The minimum atomic E-state index is -1.85. The fraction of sp³-hybridized carbons (Fsp3) is 0.575. The first-order valence-electron chi connectivity index (χ1n) is 17.8. The monoisotopic (exact) mass is 624 g/mol. The molecule has 0 spiro atoms. The zero-order chi connectivity index (χ0) is 32.4. The third-order valence-electron chi connectivity index (χ3n) is 12.4. The SMILES string of the molecule is CCCCCCC(=O)OC1CCC2C3CCC4=C/C(=N/NC(=O)C(O)(c5ccccc5)c5ccccc5)CCC4(C)C3CCC12C. The minimum Gasteiger partial charge on any atom is -0.462 e. The zero-order valence-corrected chi connectivity index (χ0v) is 28.0. The van der Waals surface area contributed by atoms with E-state index in [-0.39, 0.29) is 22.9 Å². The largest absolute Gasteiger partial charge is 0.462 e. The van der Waals surface area contributed by atoms with Gasteiger partial charge in [-0.2, -0.15) is 5.10 Å². The van der Waals surface area contributed by atoms with Crippen molar-refractivity contribution >= 4 is 17.6 Å². The van der Waals surface area contributed by atoms with E-state index in [0.29, 0.717) is 35.3 Å². The molecule has 0 radical (unpaired) electrons. The molecule has 0 aliphatic heterocycles. The Kier molecular flexibility index (Phi) is 9.57. The van der Waals surface area contributed by atoms with Crippen molar-refractivity contribution in [2.24, 2.45) is 33.7 Å². The Morgan fingerprint density at radius 3 is 2.26 bits per heavy atom. The summed E-state index contributed by atoms with van der Waals surface area (Å²) in [6.07, 6.45) is 15.7. The summed E-state index contributed by atoms with van der Waals surface area (Å²) < 4.78 is 6.20. The average molecular weight is 625 g/mol. The maximum atomic E-state index is 13.6. The summed E-state index contributed by atoms with van der Waals surface area (Å²) in [6.45, 7) is 7.06. The molecule has 0 saturated heterocycles. The molecule has 0 bridgehead atoms. The van der Waals surface area contributed by atoms with Crippen molar-refractivity contribution in [2.75, 3.05) is 0 Å². The third kappa shape index (κ3) is 5.98. The molecule has 46 heavy (non-hydrogen) atoms. The molecule has 4 aliphatic carbocycles. The van der Waals surface area contributed by atoms with Crippen LogP contribution in [-0.2, 0) is 19.9 Å². The number of carbonyl (C=O) groups is 2. The first kappa shape index (κ1) is 32.7. The number of aliphatic hydroxyl groups is 1. The Hall–Kier alpha value is -3.25. The van der Waals surface area contributed by atoms with Gasteiger partial charge < -0.3 is 9.84 Å². The average Bonchev–Trinajstić information content (AvgIpc) is 3.41. The van der Waals surface area contributed by atoms with Gasteiger partial charge >= 0.3 is 5.97 Å². The zero-order valence-electron chi connectivity index (χ0n) is 28.0. The van der Waals surface area contributed by atoms with Crippen molar-refractivity contribution in [1.29, 1.82) is 0 Å². The maximum Gasteiger partial charge on any atom is 0.306 e. The van der Waals surface area contributed by atoms with Gasteiger partial charge in [0.2, 0.25) is 0 Å². The number of hydrogen-bond acceptors (Lipinski definition) is 5. The topological polar surface area (TPSA) is 88.0 Å². The van der Waals surface area contributed by atoms with Crippen LogP contribution in [0.5, 0.6) is 0 Å². The molecule has 6 heteroatoms. The van der Waals surface area contributed by atoms with E-state index in [1.807, 2.05) is 36.4 Å². The lowest BCUT2D eigenvalue weighted by molar-refractivity contribution is -0.160. The Balaban J connectivity index is 1.14. The Morgan fingerprint density at radius 2 is 1.59 bits per heavy atom. The van der Waals surface area contributed by atoms with Crippen molar-refractivity contribution in [1.82, 2.24) is 5.43 Å². The number of hydrazone groups is 1. The number of nitrogens with one attached hydrogen (secondary N) is 1. The Labute approximate surface area is 275 Å². The van der Waals surface area contributed by atoms with Crippen LogP contribution in [0, 0.1) is 28.6 Å². The molecule has 0 aromatic heterocycles. The van der Waals surface area contributed by atoms with Gasteiger partial charge in [-0.1, -0.05) is 106 Å². The van der Waals surface area contributed by atoms with Crippen molar-refractivity contribution in [3.05, 3.63) is 83.4 Å². The lowest BCUT2D eigenvalue weighted by atomic mass is 9.47. The van der Waals surface area contributed by atoms with Crippen LogP contribution in [0.1, 0.15) is 115 Å². The summed E-state index contributed by atoms with van der Waals surface area (Å²) in [5.41, 5.74) is 4.43. The van der Waals surface area contributed by atoms with Crippen molar-refractivity contribution < 1.29 is 19.4 Å². The van der Waals surface area contributed by atoms with Crippen LogP contribution < -0.4 is 5.43 Å². The highest BCUT2D eigenvalue weighted by Gasteiger charge is 2.60. The quantitative estimate of drug-likeness (QED) is 0.158. The van der Waals surface area contributed by atoms with Crippen LogP contribution in [0.4, 0.5) is 0 Å². The Bertz CT molecular complexity index is 1410. The molecule has 6 nitrogen and oxygen atoms in total.